The van der Waals surface area contributed by atoms with Gasteiger partial charge in [0, 0.05) is 45.1 Å². The molecule has 2 amide bonds. The number of amides is 2. The van der Waals surface area contributed by atoms with E-state index in [1.165, 1.54) is 0 Å². The van der Waals surface area contributed by atoms with Gasteiger partial charge in [0.05, 0.1) is 0 Å². The minimum atomic E-state index is 0.0514. The van der Waals surface area contributed by atoms with E-state index < -0.39 is 0 Å². The molecule has 1 N–H and O–H groups in total. The highest BCUT2D eigenvalue weighted by molar-refractivity contribution is 5.74. The molecule has 1 fully saturated rings. The van der Waals surface area contributed by atoms with Crippen molar-refractivity contribution < 1.29 is 4.79 Å². The molecule has 2 rings (SSSR count). The number of urea groups is 1. The lowest BCUT2D eigenvalue weighted by molar-refractivity contribution is 0.192. The molecule has 1 aromatic rings. The van der Waals surface area contributed by atoms with E-state index in [9.17, 15) is 4.79 Å². The summed E-state index contributed by atoms with van der Waals surface area (Å²) >= 11 is 0. The Morgan fingerprint density at radius 3 is 2.38 bits per heavy atom. The van der Waals surface area contributed by atoms with Gasteiger partial charge in [-0.2, -0.15) is 0 Å². The monoisotopic (exact) mass is 291 g/mol. The highest BCUT2D eigenvalue weighted by Gasteiger charge is 2.22. The van der Waals surface area contributed by atoms with Gasteiger partial charge in [-0.15, -0.1) is 0 Å². The van der Waals surface area contributed by atoms with Crippen molar-refractivity contribution in [1.82, 2.24) is 20.2 Å². The molecule has 0 radical (unpaired) electrons. The molecule has 1 saturated heterocycles. The van der Waals surface area contributed by atoms with Crippen LogP contribution in [0.4, 0.5) is 10.7 Å². The van der Waals surface area contributed by atoms with Crippen LogP contribution < -0.4 is 10.2 Å². The summed E-state index contributed by atoms with van der Waals surface area (Å²) in [4.78, 5) is 24.6. The predicted octanol–water partition coefficient (Wildman–Crippen LogP) is 1.74. The van der Waals surface area contributed by atoms with Crippen molar-refractivity contribution in [3.8, 4) is 0 Å². The molecule has 0 spiro atoms. The van der Waals surface area contributed by atoms with Crippen LogP contribution in [0.15, 0.2) is 18.5 Å². The Morgan fingerprint density at radius 1 is 1.19 bits per heavy atom. The molecule has 0 unspecified atom stereocenters. The highest BCUT2D eigenvalue weighted by Crippen LogP contribution is 2.10. The van der Waals surface area contributed by atoms with Gasteiger partial charge in [-0.1, -0.05) is 26.7 Å². The average Bonchev–Trinajstić information content (AvgIpc) is 2.56. The lowest BCUT2D eigenvalue weighted by atomic mass is 10.0. The molecule has 0 bridgehead atoms. The van der Waals surface area contributed by atoms with E-state index in [1.807, 2.05) is 11.0 Å². The first-order chi connectivity index (χ1) is 10.2. The summed E-state index contributed by atoms with van der Waals surface area (Å²) in [5.74, 6) is 1.32. The predicted molar refractivity (Wildman–Crippen MR) is 83.3 cm³/mol. The van der Waals surface area contributed by atoms with Crippen LogP contribution in [-0.2, 0) is 0 Å². The zero-order chi connectivity index (χ0) is 15.1. The van der Waals surface area contributed by atoms with Gasteiger partial charge in [0.25, 0.3) is 0 Å². The Kier molecular flexibility index (Phi) is 5.78. The summed E-state index contributed by atoms with van der Waals surface area (Å²) in [5.41, 5.74) is 0. The fraction of sp³-hybridized carbons (Fsp3) is 0.667. The van der Waals surface area contributed by atoms with Gasteiger partial charge in [-0.3, -0.25) is 0 Å². The molecule has 1 aliphatic rings. The van der Waals surface area contributed by atoms with Gasteiger partial charge in [-0.25, -0.2) is 14.8 Å². The number of carbonyl (C=O) groups excluding carboxylic acids is 1. The maximum Gasteiger partial charge on any atom is 0.317 e. The third kappa shape index (κ3) is 4.31. The molecule has 6 heteroatoms. The Bertz CT molecular complexity index is 427. The Morgan fingerprint density at radius 2 is 1.81 bits per heavy atom. The summed E-state index contributed by atoms with van der Waals surface area (Å²) in [6, 6.07) is 1.86. The molecule has 0 aliphatic carbocycles. The topological polar surface area (TPSA) is 61.4 Å². The molecule has 2 heterocycles. The van der Waals surface area contributed by atoms with Gasteiger partial charge >= 0.3 is 6.03 Å². The second kappa shape index (κ2) is 7.81. The van der Waals surface area contributed by atoms with Crippen molar-refractivity contribution in [2.45, 2.75) is 26.7 Å². The van der Waals surface area contributed by atoms with Gasteiger partial charge in [0.2, 0.25) is 5.95 Å². The Hall–Kier alpha value is -1.85. The zero-order valence-electron chi connectivity index (χ0n) is 13.0. The summed E-state index contributed by atoms with van der Waals surface area (Å²) in [6.07, 6.45) is 5.71. The third-order valence-electron chi connectivity index (χ3n) is 4.10. The lowest BCUT2D eigenvalue weighted by Crippen LogP contribution is -2.52. The van der Waals surface area contributed by atoms with Gasteiger partial charge < -0.3 is 15.1 Å². The first-order valence-corrected chi connectivity index (χ1v) is 7.79. The number of hydrogen-bond donors (Lipinski definition) is 1. The Balaban J connectivity index is 1.77. The summed E-state index contributed by atoms with van der Waals surface area (Å²) in [6.45, 7) is 8.09. The fourth-order valence-electron chi connectivity index (χ4n) is 2.48. The molecular weight excluding hydrogens is 266 g/mol. The van der Waals surface area contributed by atoms with Gasteiger partial charge in [0.1, 0.15) is 0 Å². The molecule has 21 heavy (non-hydrogen) atoms. The van der Waals surface area contributed by atoms with Crippen LogP contribution in [0.2, 0.25) is 0 Å². The zero-order valence-corrected chi connectivity index (χ0v) is 13.0. The van der Waals surface area contributed by atoms with Gasteiger partial charge in [-0.05, 0) is 12.0 Å². The largest absolute Gasteiger partial charge is 0.338 e. The fourth-order valence-corrected chi connectivity index (χ4v) is 2.48. The van der Waals surface area contributed by atoms with Crippen LogP contribution in [0.1, 0.15) is 26.7 Å². The first-order valence-electron chi connectivity index (χ1n) is 7.79. The number of rotatable bonds is 5. The number of aromatic nitrogens is 2. The molecule has 1 aromatic heterocycles. The minimum absolute atomic E-state index is 0.0514. The van der Waals surface area contributed by atoms with Crippen molar-refractivity contribution in [1.29, 1.82) is 0 Å². The van der Waals surface area contributed by atoms with Gasteiger partial charge in [0.15, 0.2) is 0 Å². The number of anilines is 1. The quantitative estimate of drug-likeness (QED) is 0.897. The number of hydrogen-bond acceptors (Lipinski definition) is 4. The molecule has 6 nitrogen and oxygen atoms in total. The van der Waals surface area contributed by atoms with E-state index in [0.717, 1.165) is 38.4 Å². The maximum atomic E-state index is 12.1. The molecule has 0 saturated carbocycles. The molecule has 116 valence electrons. The summed E-state index contributed by atoms with van der Waals surface area (Å²) in [7, 11) is 0. The van der Waals surface area contributed by atoms with E-state index in [4.69, 9.17) is 0 Å². The number of nitrogens with zero attached hydrogens (tertiary/aromatic N) is 4. The van der Waals surface area contributed by atoms with Crippen LogP contribution in [0.5, 0.6) is 0 Å². The van der Waals surface area contributed by atoms with Crippen LogP contribution in [0.25, 0.3) is 0 Å². The summed E-state index contributed by atoms with van der Waals surface area (Å²) < 4.78 is 0. The molecule has 0 atom stereocenters. The lowest BCUT2D eigenvalue weighted by Gasteiger charge is -2.34. The van der Waals surface area contributed by atoms with E-state index in [-0.39, 0.29) is 6.03 Å². The second-order valence-corrected chi connectivity index (χ2v) is 5.39. The average molecular weight is 291 g/mol. The number of nitrogens with one attached hydrogen (secondary N) is 1. The molecule has 0 aromatic carbocycles. The third-order valence-corrected chi connectivity index (χ3v) is 4.10. The molecule has 1 aliphatic heterocycles. The smallest absolute Gasteiger partial charge is 0.317 e. The van der Waals surface area contributed by atoms with E-state index in [0.29, 0.717) is 19.0 Å². The van der Waals surface area contributed by atoms with Crippen LogP contribution in [0.3, 0.4) is 0 Å². The van der Waals surface area contributed by atoms with E-state index in [2.05, 4.69) is 34.0 Å². The normalized spacial score (nSPS) is 15.4. The van der Waals surface area contributed by atoms with E-state index >= 15 is 0 Å². The second-order valence-electron chi connectivity index (χ2n) is 5.39. The maximum absolute atomic E-state index is 12.1. The van der Waals surface area contributed by atoms with Crippen molar-refractivity contribution >= 4 is 12.0 Å². The minimum Gasteiger partial charge on any atom is -0.338 e. The van der Waals surface area contributed by atoms with Crippen molar-refractivity contribution in [3.05, 3.63) is 18.5 Å². The first kappa shape index (κ1) is 15.5. The Labute approximate surface area is 126 Å². The molecular formula is C15H25N5O. The van der Waals surface area contributed by atoms with E-state index in [1.54, 1.807) is 12.4 Å². The van der Waals surface area contributed by atoms with Crippen molar-refractivity contribution in [2.75, 3.05) is 37.6 Å². The summed E-state index contributed by atoms with van der Waals surface area (Å²) in [5, 5.41) is 3.05. The SMILES string of the molecule is CCC(CC)CNC(=O)N1CCN(c2ncccn2)CC1. The standard InChI is InChI=1S/C15H25N5O/c1-3-13(4-2)12-18-15(21)20-10-8-19(9-11-20)14-16-6-5-7-17-14/h5-7,13H,3-4,8-12H2,1-2H3,(H,18,21). The van der Waals surface area contributed by atoms with Crippen molar-refractivity contribution in [3.63, 3.8) is 0 Å². The number of piperazine rings is 1. The number of carbonyl (C=O) groups is 1. The van der Waals surface area contributed by atoms with Crippen molar-refractivity contribution in [2.24, 2.45) is 5.92 Å². The highest BCUT2D eigenvalue weighted by atomic mass is 16.2. The van der Waals surface area contributed by atoms with Crippen LogP contribution >= 0.6 is 0 Å². The van der Waals surface area contributed by atoms with Crippen LogP contribution in [-0.4, -0.2) is 53.6 Å². The van der Waals surface area contributed by atoms with Crippen LogP contribution in [0, 0.1) is 5.92 Å².